The third-order valence-electron chi connectivity index (χ3n) is 6.09. The number of rotatable bonds is 6. The van der Waals surface area contributed by atoms with Crippen LogP contribution in [0.5, 0.6) is 0 Å². The molecule has 0 unspecified atom stereocenters. The first-order chi connectivity index (χ1) is 12.8. The van der Waals surface area contributed by atoms with Gasteiger partial charge in [0, 0.05) is 43.7 Å². The molecular weight excluding hydrogens is 324 g/mol. The molecule has 6 nitrogen and oxygen atoms in total. The molecule has 0 amide bonds. The summed E-state index contributed by atoms with van der Waals surface area (Å²) in [5, 5.41) is 8.82. The first-order valence-electron chi connectivity index (χ1n) is 9.87. The molecule has 0 radical (unpaired) electrons. The van der Waals surface area contributed by atoms with E-state index in [1.807, 2.05) is 6.20 Å². The zero-order chi connectivity index (χ0) is 17.5. The molecule has 3 fully saturated rings. The van der Waals surface area contributed by atoms with Gasteiger partial charge in [-0.05, 0) is 50.9 Å². The van der Waals surface area contributed by atoms with Crippen LogP contribution in [0.15, 0.2) is 24.4 Å². The topological polar surface area (TPSA) is 58.0 Å². The minimum Gasteiger partial charge on any atom is -0.352 e. The Balaban J connectivity index is 1.15. The van der Waals surface area contributed by atoms with Crippen molar-refractivity contribution >= 4 is 5.82 Å². The van der Waals surface area contributed by atoms with Gasteiger partial charge in [-0.2, -0.15) is 5.10 Å². The van der Waals surface area contributed by atoms with Crippen molar-refractivity contribution in [1.82, 2.24) is 25.1 Å². The van der Waals surface area contributed by atoms with Gasteiger partial charge in [0.05, 0.1) is 11.4 Å². The second-order valence-electron chi connectivity index (χ2n) is 8.10. The van der Waals surface area contributed by atoms with Crippen molar-refractivity contribution in [3.05, 3.63) is 41.6 Å². The molecule has 3 heterocycles. The van der Waals surface area contributed by atoms with E-state index in [9.17, 15) is 0 Å². The lowest BCUT2D eigenvalue weighted by Gasteiger charge is -2.44. The highest BCUT2D eigenvalue weighted by atomic mass is 15.4. The van der Waals surface area contributed by atoms with Crippen molar-refractivity contribution in [3.8, 4) is 0 Å². The van der Waals surface area contributed by atoms with Crippen LogP contribution in [0.25, 0.3) is 0 Å². The van der Waals surface area contributed by atoms with E-state index in [1.54, 1.807) is 0 Å². The minimum atomic E-state index is 0.544. The fourth-order valence-electron chi connectivity index (χ4n) is 3.77. The first-order valence-corrected chi connectivity index (χ1v) is 9.87. The average Bonchev–Trinajstić information content (AvgIpc) is 3.38. The van der Waals surface area contributed by atoms with Crippen LogP contribution in [0.4, 0.5) is 5.82 Å². The maximum atomic E-state index is 4.80. The molecule has 5 rings (SSSR count). The SMILES string of the molecule is CN(Cc1ccnc(C2CCC2)n1)C1CN(c2ccc(C3CC3)nn2)C1. The van der Waals surface area contributed by atoms with E-state index in [-0.39, 0.29) is 0 Å². The van der Waals surface area contributed by atoms with Crippen LogP contribution in [-0.4, -0.2) is 51.2 Å². The third kappa shape index (κ3) is 3.18. The standard InChI is InChI=1S/C20H26N6/c1-25(11-16-9-10-21-20(22-16)15-3-2-4-15)17-12-26(13-17)19-8-7-18(23-24-19)14-5-6-14/h7-10,14-15,17H,2-6,11-13H2,1H3. The number of anilines is 1. The molecule has 2 aromatic heterocycles. The molecule has 2 aliphatic carbocycles. The van der Waals surface area contributed by atoms with E-state index in [4.69, 9.17) is 4.98 Å². The van der Waals surface area contributed by atoms with Crippen molar-refractivity contribution in [2.75, 3.05) is 25.0 Å². The van der Waals surface area contributed by atoms with E-state index >= 15 is 0 Å². The fourth-order valence-corrected chi connectivity index (χ4v) is 3.77. The molecule has 0 N–H and O–H groups in total. The molecule has 1 saturated heterocycles. The number of hydrogen-bond donors (Lipinski definition) is 0. The van der Waals surface area contributed by atoms with Gasteiger partial charge in [-0.25, -0.2) is 9.97 Å². The molecule has 0 spiro atoms. The highest BCUT2D eigenvalue weighted by Crippen LogP contribution is 2.39. The maximum absolute atomic E-state index is 4.80. The van der Waals surface area contributed by atoms with Crippen LogP contribution in [0.1, 0.15) is 61.2 Å². The molecule has 2 saturated carbocycles. The summed E-state index contributed by atoms with van der Waals surface area (Å²) in [6.07, 6.45) is 8.29. The van der Waals surface area contributed by atoms with Gasteiger partial charge < -0.3 is 4.90 Å². The van der Waals surface area contributed by atoms with Crippen LogP contribution in [0.3, 0.4) is 0 Å². The van der Waals surface area contributed by atoms with E-state index in [1.165, 1.54) is 32.1 Å². The van der Waals surface area contributed by atoms with Gasteiger partial charge in [-0.1, -0.05) is 6.42 Å². The Morgan fingerprint density at radius 2 is 1.88 bits per heavy atom. The summed E-state index contributed by atoms with van der Waals surface area (Å²) in [6.45, 7) is 2.90. The molecule has 0 aromatic carbocycles. The average molecular weight is 350 g/mol. The first kappa shape index (κ1) is 16.1. The Bertz CT molecular complexity index is 762. The van der Waals surface area contributed by atoms with Gasteiger partial charge >= 0.3 is 0 Å². The molecule has 1 aliphatic heterocycles. The van der Waals surface area contributed by atoms with Crippen LogP contribution in [0.2, 0.25) is 0 Å². The summed E-state index contributed by atoms with van der Waals surface area (Å²) in [7, 11) is 2.19. The van der Waals surface area contributed by atoms with Gasteiger partial charge in [-0.15, -0.1) is 5.10 Å². The Morgan fingerprint density at radius 3 is 2.54 bits per heavy atom. The molecule has 0 bridgehead atoms. The van der Waals surface area contributed by atoms with Crippen LogP contribution in [0, 0.1) is 0 Å². The number of likely N-dealkylation sites (N-methyl/N-ethyl adjacent to an activating group) is 1. The zero-order valence-electron chi connectivity index (χ0n) is 15.4. The van der Waals surface area contributed by atoms with E-state index in [0.29, 0.717) is 17.9 Å². The third-order valence-corrected chi connectivity index (χ3v) is 6.09. The predicted molar refractivity (Wildman–Crippen MR) is 100 cm³/mol. The van der Waals surface area contributed by atoms with Crippen molar-refractivity contribution in [1.29, 1.82) is 0 Å². The summed E-state index contributed by atoms with van der Waals surface area (Å²) < 4.78 is 0. The summed E-state index contributed by atoms with van der Waals surface area (Å²) in [5.74, 6) is 3.32. The predicted octanol–water partition coefficient (Wildman–Crippen LogP) is 2.73. The smallest absolute Gasteiger partial charge is 0.151 e. The zero-order valence-corrected chi connectivity index (χ0v) is 15.4. The molecule has 136 valence electrons. The van der Waals surface area contributed by atoms with Gasteiger partial charge in [0.2, 0.25) is 0 Å². The molecule has 26 heavy (non-hydrogen) atoms. The van der Waals surface area contributed by atoms with Crippen molar-refractivity contribution in [2.24, 2.45) is 0 Å². The highest BCUT2D eigenvalue weighted by molar-refractivity contribution is 5.42. The van der Waals surface area contributed by atoms with Gasteiger partial charge in [0.1, 0.15) is 5.82 Å². The second-order valence-corrected chi connectivity index (χ2v) is 8.10. The lowest BCUT2D eigenvalue weighted by Crippen LogP contribution is -2.58. The quantitative estimate of drug-likeness (QED) is 0.798. The normalized spacial score (nSPS) is 20.9. The molecule has 2 aromatic rings. The summed E-state index contributed by atoms with van der Waals surface area (Å²) in [4.78, 5) is 14.0. The summed E-state index contributed by atoms with van der Waals surface area (Å²) in [6, 6.07) is 6.88. The monoisotopic (exact) mass is 350 g/mol. The van der Waals surface area contributed by atoms with Crippen molar-refractivity contribution in [2.45, 2.75) is 56.5 Å². The second kappa shape index (κ2) is 6.58. The molecular formula is C20H26N6. The Kier molecular flexibility index (Phi) is 4.08. The number of nitrogens with zero attached hydrogens (tertiary/aromatic N) is 6. The number of hydrogen-bond acceptors (Lipinski definition) is 6. The van der Waals surface area contributed by atoms with Gasteiger partial charge in [0.25, 0.3) is 0 Å². The minimum absolute atomic E-state index is 0.544. The van der Waals surface area contributed by atoms with E-state index in [0.717, 1.165) is 42.7 Å². The van der Waals surface area contributed by atoms with Crippen LogP contribution < -0.4 is 4.90 Å². The van der Waals surface area contributed by atoms with Gasteiger partial charge in [-0.3, -0.25) is 4.90 Å². The molecule has 0 atom stereocenters. The lowest BCUT2D eigenvalue weighted by atomic mass is 9.85. The van der Waals surface area contributed by atoms with E-state index < -0.39 is 0 Å². The maximum Gasteiger partial charge on any atom is 0.151 e. The Morgan fingerprint density at radius 1 is 1.04 bits per heavy atom. The summed E-state index contributed by atoms with van der Waals surface area (Å²) in [5.41, 5.74) is 2.30. The van der Waals surface area contributed by atoms with Crippen LogP contribution in [-0.2, 0) is 6.54 Å². The fraction of sp³-hybridized carbons (Fsp3) is 0.600. The van der Waals surface area contributed by atoms with Crippen molar-refractivity contribution < 1.29 is 0 Å². The summed E-state index contributed by atoms with van der Waals surface area (Å²) >= 11 is 0. The highest BCUT2D eigenvalue weighted by Gasteiger charge is 2.32. The Hall–Kier alpha value is -2.08. The van der Waals surface area contributed by atoms with Gasteiger partial charge in [0.15, 0.2) is 5.82 Å². The van der Waals surface area contributed by atoms with E-state index in [2.05, 4.69) is 50.2 Å². The molecule has 3 aliphatic rings. The van der Waals surface area contributed by atoms with Crippen LogP contribution >= 0.6 is 0 Å². The Labute approximate surface area is 154 Å². The number of aromatic nitrogens is 4. The largest absolute Gasteiger partial charge is 0.352 e. The lowest BCUT2D eigenvalue weighted by molar-refractivity contribution is 0.194. The van der Waals surface area contributed by atoms with Crippen molar-refractivity contribution in [3.63, 3.8) is 0 Å². The molecule has 6 heteroatoms.